The second kappa shape index (κ2) is 10.1. The molecule has 0 radical (unpaired) electrons. The van der Waals surface area contributed by atoms with Gasteiger partial charge in [-0.2, -0.15) is 0 Å². The summed E-state index contributed by atoms with van der Waals surface area (Å²) in [7, 11) is 1.42. The first-order valence-corrected chi connectivity index (χ1v) is 11.7. The van der Waals surface area contributed by atoms with E-state index in [1.165, 1.54) is 12.7 Å². The van der Waals surface area contributed by atoms with Crippen LogP contribution in [-0.4, -0.2) is 18.1 Å². The molecule has 4 rings (SSSR count). The van der Waals surface area contributed by atoms with E-state index in [1.54, 1.807) is 6.20 Å². The molecule has 0 saturated heterocycles. The molecule has 0 aliphatic heterocycles. The topological polar surface area (TPSA) is 54.1 Å². The molecule has 4 aromatic rings. The Morgan fingerprint density at radius 1 is 0.970 bits per heavy atom. The summed E-state index contributed by atoms with van der Waals surface area (Å²) in [5, 5.41) is 4.39. The van der Waals surface area contributed by atoms with Crippen LogP contribution in [0.5, 0.6) is 0 Å². The van der Waals surface area contributed by atoms with Gasteiger partial charge in [0.1, 0.15) is 0 Å². The molecule has 0 aliphatic rings. The van der Waals surface area contributed by atoms with Crippen molar-refractivity contribution in [3.63, 3.8) is 0 Å². The van der Waals surface area contributed by atoms with Crippen LogP contribution in [0.3, 0.4) is 0 Å². The standard InChI is InChI=1S/C28H27BrN2O2/c1-18(2)19-10-14-22(15-11-19)30-17-25(28(32)33-3)27(20-8-12-21(29)13-9-20)24-16-31-26-7-5-4-6-23(24)26/h4-18,27,30-31H,1-3H3/b25-17-. The van der Waals surface area contributed by atoms with Crippen molar-refractivity contribution in [2.24, 2.45) is 0 Å². The van der Waals surface area contributed by atoms with Crippen LogP contribution < -0.4 is 5.32 Å². The summed E-state index contributed by atoms with van der Waals surface area (Å²) in [6, 6.07) is 24.4. The van der Waals surface area contributed by atoms with Crippen LogP contribution in [0, 0.1) is 0 Å². The lowest BCUT2D eigenvalue weighted by atomic mass is 9.85. The summed E-state index contributed by atoms with van der Waals surface area (Å²) in [6.07, 6.45) is 3.75. The van der Waals surface area contributed by atoms with Gasteiger partial charge in [-0.3, -0.25) is 0 Å². The fraction of sp³-hybridized carbons (Fsp3) is 0.179. The van der Waals surface area contributed by atoms with Gasteiger partial charge in [-0.25, -0.2) is 4.79 Å². The minimum atomic E-state index is -0.375. The van der Waals surface area contributed by atoms with Gasteiger partial charge in [0.05, 0.1) is 12.7 Å². The van der Waals surface area contributed by atoms with E-state index >= 15 is 0 Å². The maximum absolute atomic E-state index is 13.0. The Kier molecular flexibility index (Phi) is 6.99. The largest absolute Gasteiger partial charge is 0.466 e. The highest BCUT2D eigenvalue weighted by atomic mass is 79.9. The van der Waals surface area contributed by atoms with Gasteiger partial charge >= 0.3 is 5.97 Å². The molecule has 5 heteroatoms. The maximum atomic E-state index is 13.0. The highest BCUT2D eigenvalue weighted by molar-refractivity contribution is 9.10. The molecule has 4 nitrogen and oxygen atoms in total. The predicted molar refractivity (Wildman–Crippen MR) is 139 cm³/mol. The Morgan fingerprint density at radius 3 is 2.30 bits per heavy atom. The number of benzene rings is 3. The molecule has 1 atom stereocenters. The molecule has 168 valence electrons. The number of esters is 1. The van der Waals surface area contributed by atoms with Gasteiger partial charge < -0.3 is 15.0 Å². The first kappa shape index (κ1) is 22.9. The molecule has 33 heavy (non-hydrogen) atoms. The second-order valence-corrected chi connectivity index (χ2v) is 9.20. The van der Waals surface area contributed by atoms with E-state index in [9.17, 15) is 4.79 Å². The molecule has 0 saturated carbocycles. The smallest absolute Gasteiger partial charge is 0.336 e. The lowest BCUT2D eigenvalue weighted by Crippen LogP contribution is -2.16. The fourth-order valence-corrected chi connectivity index (χ4v) is 4.28. The van der Waals surface area contributed by atoms with Crippen molar-refractivity contribution in [1.82, 2.24) is 4.98 Å². The average Bonchev–Trinajstić information content (AvgIpc) is 3.26. The number of anilines is 1. The third-order valence-corrected chi connectivity index (χ3v) is 6.37. The molecule has 0 spiro atoms. The van der Waals surface area contributed by atoms with Crippen molar-refractivity contribution in [2.75, 3.05) is 12.4 Å². The summed E-state index contributed by atoms with van der Waals surface area (Å²) >= 11 is 3.52. The van der Waals surface area contributed by atoms with Gasteiger partial charge in [0.15, 0.2) is 0 Å². The summed E-state index contributed by atoms with van der Waals surface area (Å²) in [6.45, 7) is 4.34. The number of aromatic nitrogens is 1. The van der Waals surface area contributed by atoms with E-state index in [-0.39, 0.29) is 11.9 Å². The number of methoxy groups -OCH3 is 1. The Morgan fingerprint density at radius 2 is 1.64 bits per heavy atom. The summed E-state index contributed by atoms with van der Waals surface area (Å²) < 4.78 is 6.20. The molecule has 3 aromatic carbocycles. The summed E-state index contributed by atoms with van der Waals surface area (Å²) in [5.41, 5.74) is 5.74. The molecule has 0 amide bonds. The van der Waals surface area contributed by atoms with Crippen molar-refractivity contribution in [2.45, 2.75) is 25.7 Å². The highest BCUT2D eigenvalue weighted by Gasteiger charge is 2.27. The Labute approximate surface area is 202 Å². The zero-order valence-electron chi connectivity index (χ0n) is 18.9. The molecule has 1 heterocycles. The molecule has 0 aliphatic carbocycles. The number of hydrogen-bond acceptors (Lipinski definition) is 3. The van der Waals surface area contributed by atoms with Gasteiger partial charge in [-0.05, 0) is 52.9 Å². The van der Waals surface area contributed by atoms with Gasteiger partial charge in [-0.1, -0.05) is 72.2 Å². The molecule has 0 bridgehead atoms. The van der Waals surface area contributed by atoms with E-state index in [2.05, 4.69) is 58.3 Å². The molecular weight excluding hydrogens is 476 g/mol. The van der Waals surface area contributed by atoms with E-state index in [0.29, 0.717) is 11.5 Å². The number of halogens is 1. The third-order valence-electron chi connectivity index (χ3n) is 5.84. The molecular formula is C28H27BrN2O2. The zero-order chi connectivity index (χ0) is 23.4. The first-order chi connectivity index (χ1) is 16.0. The van der Waals surface area contributed by atoms with Crippen molar-refractivity contribution < 1.29 is 9.53 Å². The van der Waals surface area contributed by atoms with Gasteiger partial charge in [0.2, 0.25) is 0 Å². The zero-order valence-corrected chi connectivity index (χ0v) is 20.5. The van der Waals surface area contributed by atoms with Crippen LogP contribution >= 0.6 is 15.9 Å². The maximum Gasteiger partial charge on any atom is 0.336 e. The number of nitrogens with one attached hydrogen (secondary N) is 2. The Balaban J connectivity index is 1.81. The number of rotatable bonds is 7. The van der Waals surface area contributed by atoms with Crippen LogP contribution in [-0.2, 0) is 9.53 Å². The van der Waals surface area contributed by atoms with E-state index in [0.717, 1.165) is 32.2 Å². The number of aromatic amines is 1. The Hall–Kier alpha value is -3.31. The number of H-pyrrole nitrogens is 1. The lowest BCUT2D eigenvalue weighted by molar-refractivity contribution is -0.136. The quantitative estimate of drug-likeness (QED) is 0.205. The summed E-state index contributed by atoms with van der Waals surface area (Å²) in [4.78, 5) is 16.4. The van der Waals surface area contributed by atoms with Crippen molar-refractivity contribution in [1.29, 1.82) is 0 Å². The second-order valence-electron chi connectivity index (χ2n) is 8.29. The number of carbonyl (C=O) groups is 1. The van der Waals surface area contributed by atoms with Gasteiger partial charge in [0.25, 0.3) is 0 Å². The van der Waals surface area contributed by atoms with Crippen LogP contribution in [0.1, 0.15) is 42.4 Å². The molecule has 0 fully saturated rings. The Bertz CT molecular complexity index is 1270. The van der Waals surface area contributed by atoms with E-state index < -0.39 is 0 Å². The average molecular weight is 503 g/mol. The van der Waals surface area contributed by atoms with Crippen LogP contribution in [0.4, 0.5) is 5.69 Å². The van der Waals surface area contributed by atoms with Crippen LogP contribution in [0.25, 0.3) is 10.9 Å². The number of hydrogen-bond donors (Lipinski definition) is 2. The number of ether oxygens (including phenoxy) is 1. The lowest BCUT2D eigenvalue weighted by Gasteiger charge is -2.20. The van der Waals surface area contributed by atoms with E-state index in [1.807, 2.05) is 60.8 Å². The van der Waals surface area contributed by atoms with Crippen molar-refractivity contribution in [3.05, 3.63) is 112 Å². The van der Waals surface area contributed by atoms with Gasteiger partial charge in [0, 0.05) is 39.4 Å². The molecule has 1 aromatic heterocycles. The van der Waals surface area contributed by atoms with E-state index in [4.69, 9.17) is 4.74 Å². The summed E-state index contributed by atoms with van der Waals surface area (Å²) in [5.74, 6) is -0.229. The molecule has 2 N–H and O–H groups in total. The normalized spacial score (nSPS) is 12.7. The van der Waals surface area contributed by atoms with Crippen molar-refractivity contribution in [3.8, 4) is 0 Å². The monoisotopic (exact) mass is 502 g/mol. The predicted octanol–water partition coefficient (Wildman–Crippen LogP) is 7.35. The third kappa shape index (κ3) is 5.04. The number of carbonyl (C=O) groups excluding carboxylic acids is 1. The molecule has 1 unspecified atom stereocenters. The minimum Gasteiger partial charge on any atom is -0.466 e. The van der Waals surface area contributed by atoms with Crippen LogP contribution in [0.15, 0.2) is 95.2 Å². The van der Waals surface area contributed by atoms with Gasteiger partial charge in [-0.15, -0.1) is 0 Å². The SMILES string of the molecule is COC(=O)/C(=C\Nc1ccc(C(C)C)cc1)C(c1ccc(Br)cc1)c1c[nH]c2ccccc12. The first-order valence-electron chi connectivity index (χ1n) is 10.9. The number of para-hydroxylation sites is 1. The minimum absolute atomic E-state index is 0.316. The van der Waals surface area contributed by atoms with Crippen LogP contribution in [0.2, 0.25) is 0 Å². The highest BCUT2D eigenvalue weighted by Crippen LogP contribution is 2.37. The van der Waals surface area contributed by atoms with Crippen molar-refractivity contribution >= 4 is 38.5 Å². The fourth-order valence-electron chi connectivity index (χ4n) is 4.02. The number of fused-ring (bicyclic) bond motifs is 1.